The molecule has 0 saturated carbocycles. The average Bonchev–Trinajstić information content (AvgIpc) is 2.96. The minimum absolute atomic E-state index is 0.129. The van der Waals surface area contributed by atoms with E-state index in [1.54, 1.807) is 0 Å². The van der Waals surface area contributed by atoms with Gasteiger partial charge in [-0.25, -0.2) is 0 Å². The number of allylic oxidation sites excluding steroid dienone is 2. The topological polar surface area (TPSA) is 22.0 Å². The van der Waals surface area contributed by atoms with Crippen LogP contribution in [0.2, 0.25) is 0 Å². The third kappa shape index (κ3) is 1.66. The van der Waals surface area contributed by atoms with Gasteiger partial charge in [0.25, 0.3) is 0 Å². The van der Waals surface area contributed by atoms with Gasteiger partial charge in [0, 0.05) is 17.4 Å². The van der Waals surface area contributed by atoms with Crippen molar-refractivity contribution in [2.75, 3.05) is 0 Å². The van der Waals surface area contributed by atoms with Crippen LogP contribution in [0.15, 0.2) is 60.7 Å². The third-order valence-electron chi connectivity index (χ3n) is 5.15. The summed E-state index contributed by atoms with van der Waals surface area (Å²) in [5, 5.41) is 1.11. The van der Waals surface area contributed by atoms with E-state index < -0.39 is 0 Å². The van der Waals surface area contributed by atoms with Crippen LogP contribution < -0.4 is 0 Å². The van der Waals surface area contributed by atoms with Gasteiger partial charge in [0.15, 0.2) is 5.78 Å². The Morgan fingerprint density at radius 1 is 0.957 bits per heavy atom. The van der Waals surface area contributed by atoms with E-state index in [9.17, 15) is 4.79 Å². The maximum Gasteiger partial charge on any atom is 0.177 e. The molecule has 0 N–H and O–H groups in total. The number of nitrogens with zero attached hydrogens (tertiary/aromatic N) is 1. The molecule has 0 spiro atoms. The molecule has 2 heteroatoms. The molecule has 0 saturated heterocycles. The zero-order valence-corrected chi connectivity index (χ0v) is 12.8. The van der Waals surface area contributed by atoms with Gasteiger partial charge in [0.1, 0.15) is 0 Å². The van der Waals surface area contributed by atoms with E-state index in [0.717, 1.165) is 35.9 Å². The maximum absolute atomic E-state index is 13.3. The smallest absolute Gasteiger partial charge is 0.177 e. The molecule has 0 amide bonds. The lowest BCUT2D eigenvalue weighted by atomic mass is 9.90. The second kappa shape index (κ2) is 4.69. The maximum atomic E-state index is 13.3. The predicted octanol–water partition coefficient (Wildman–Crippen LogP) is 4.80. The summed E-state index contributed by atoms with van der Waals surface area (Å²) in [6, 6.07) is 18.5. The van der Waals surface area contributed by atoms with Crippen LogP contribution in [0.25, 0.3) is 16.5 Å². The zero-order valence-electron chi connectivity index (χ0n) is 12.8. The van der Waals surface area contributed by atoms with Crippen LogP contribution in [0.1, 0.15) is 40.4 Å². The summed E-state index contributed by atoms with van der Waals surface area (Å²) in [4.78, 5) is 13.3. The average molecular weight is 299 g/mol. The second-order valence-corrected chi connectivity index (χ2v) is 6.40. The number of ketones is 1. The van der Waals surface area contributed by atoms with E-state index in [0.29, 0.717) is 0 Å². The molecule has 23 heavy (non-hydrogen) atoms. The number of Topliss-reactive ketones (excluding diaryl/α,β-unsaturated/α-hetero) is 1. The molecule has 112 valence electrons. The van der Waals surface area contributed by atoms with E-state index in [-0.39, 0.29) is 11.7 Å². The highest BCUT2D eigenvalue weighted by Gasteiger charge is 2.41. The molecular formula is C21H17NO. The third-order valence-corrected chi connectivity index (χ3v) is 5.15. The molecule has 5 rings (SSSR count). The van der Waals surface area contributed by atoms with Gasteiger partial charge in [0.05, 0.1) is 17.2 Å². The molecule has 0 bridgehead atoms. The van der Waals surface area contributed by atoms with Crippen molar-refractivity contribution in [3.63, 3.8) is 0 Å². The van der Waals surface area contributed by atoms with Crippen molar-refractivity contribution in [1.82, 2.24) is 4.57 Å². The lowest BCUT2D eigenvalue weighted by Gasteiger charge is -2.13. The van der Waals surface area contributed by atoms with Crippen molar-refractivity contribution in [2.45, 2.75) is 25.3 Å². The number of aryl methyl sites for hydroxylation is 1. The van der Waals surface area contributed by atoms with Crippen molar-refractivity contribution >= 4 is 22.3 Å². The van der Waals surface area contributed by atoms with Gasteiger partial charge in [-0.1, -0.05) is 54.6 Å². The first-order valence-corrected chi connectivity index (χ1v) is 8.27. The Balaban J connectivity index is 1.84. The highest BCUT2D eigenvalue weighted by molar-refractivity contribution is 6.23. The Kier molecular flexibility index (Phi) is 2.63. The standard InChI is InChI=1S/C21H17NO/c23-21-18(14-8-2-1-3-9-14)16-11-6-7-13-22-17-12-5-4-10-15(17)19(21)20(16)22/h1-5,8-12,18H,6-7,13H2. The molecule has 1 aliphatic heterocycles. The van der Waals surface area contributed by atoms with Crippen LogP contribution >= 0.6 is 0 Å². The predicted molar refractivity (Wildman–Crippen MR) is 92.7 cm³/mol. The number of aromatic nitrogens is 1. The van der Waals surface area contributed by atoms with Gasteiger partial charge in [-0.05, 0) is 30.0 Å². The number of rotatable bonds is 1. The molecular weight excluding hydrogens is 282 g/mol. The van der Waals surface area contributed by atoms with E-state index in [1.807, 2.05) is 24.3 Å². The molecule has 0 fully saturated rings. The number of carbonyl (C=O) groups excluding carboxylic acids is 1. The SMILES string of the molecule is O=C1c2c3n(c4ccccc24)CCCC=C3C1c1ccccc1. The minimum Gasteiger partial charge on any atom is -0.340 e. The Labute approximate surface area is 135 Å². The number of carbonyl (C=O) groups is 1. The first kappa shape index (κ1) is 12.9. The first-order valence-electron chi connectivity index (χ1n) is 8.27. The number of para-hydroxylation sites is 1. The normalized spacial score (nSPS) is 19.6. The fourth-order valence-electron chi connectivity index (χ4n) is 4.21. The van der Waals surface area contributed by atoms with Crippen LogP contribution in [0.4, 0.5) is 0 Å². The van der Waals surface area contributed by atoms with Crippen LogP contribution in [0.3, 0.4) is 0 Å². The molecule has 2 aliphatic rings. The van der Waals surface area contributed by atoms with Crippen molar-refractivity contribution in [2.24, 2.45) is 0 Å². The Morgan fingerprint density at radius 3 is 2.61 bits per heavy atom. The molecule has 3 aromatic rings. The van der Waals surface area contributed by atoms with Crippen molar-refractivity contribution < 1.29 is 4.79 Å². The van der Waals surface area contributed by atoms with Gasteiger partial charge in [-0.2, -0.15) is 0 Å². The van der Waals surface area contributed by atoms with E-state index in [1.165, 1.54) is 16.8 Å². The quantitative estimate of drug-likeness (QED) is 0.632. The number of hydrogen-bond acceptors (Lipinski definition) is 1. The number of hydrogen-bond donors (Lipinski definition) is 0. The highest BCUT2D eigenvalue weighted by atomic mass is 16.1. The van der Waals surface area contributed by atoms with E-state index >= 15 is 0 Å². The van der Waals surface area contributed by atoms with Crippen molar-refractivity contribution in [3.8, 4) is 0 Å². The monoisotopic (exact) mass is 299 g/mol. The van der Waals surface area contributed by atoms with Crippen LogP contribution in [-0.2, 0) is 6.54 Å². The van der Waals surface area contributed by atoms with Crippen LogP contribution in [0, 0.1) is 0 Å². The minimum atomic E-state index is -0.129. The molecule has 0 radical (unpaired) electrons. The van der Waals surface area contributed by atoms with Crippen molar-refractivity contribution in [1.29, 1.82) is 0 Å². The number of benzene rings is 2. The summed E-state index contributed by atoms with van der Waals surface area (Å²) in [6.45, 7) is 0.991. The second-order valence-electron chi connectivity index (χ2n) is 6.40. The lowest BCUT2D eigenvalue weighted by Crippen LogP contribution is -2.07. The molecule has 1 unspecified atom stereocenters. The Morgan fingerprint density at radius 2 is 1.74 bits per heavy atom. The van der Waals surface area contributed by atoms with Crippen molar-refractivity contribution in [3.05, 3.63) is 77.5 Å². The van der Waals surface area contributed by atoms with Gasteiger partial charge in [-0.15, -0.1) is 0 Å². The fraction of sp³-hybridized carbons (Fsp3) is 0.190. The van der Waals surface area contributed by atoms with Crippen LogP contribution in [-0.4, -0.2) is 10.4 Å². The van der Waals surface area contributed by atoms with E-state index in [4.69, 9.17) is 0 Å². The molecule has 2 aromatic carbocycles. The molecule has 2 nitrogen and oxygen atoms in total. The Bertz CT molecular complexity index is 962. The highest BCUT2D eigenvalue weighted by Crippen LogP contribution is 2.48. The summed E-state index contributed by atoms with van der Waals surface area (Å²) in [6.07, 6.45) is 4.47. The van der Waals surface area contributed by atoms with Gasteiger partial charge < -0.3 is 4.57 Å². The molecule has 1 atom stereocenters. The largest absolute Gasteiger partial charge is 0.340 e. The molecule has 2 heterocycles. The summed E-state index contributed by atoms with van der Waals surface area (Å²) < 4.78 is 2.37. The van der Waals surface area contributed by atoms with Gasteiger partial charge in [-0.3, -0.25) is 4.79 Å². The fourth-order valence-corrected chi connectivity index (χ4v) is 4.21. The number of fused-ring (bicyclic) bond motifs is 3. The summed E-state index contributed by atoms with van der Waals surface area (Å²) in [5.41, 5.74) is 5.62. The first-order chi connectivity index (χ1) is 11.4. The molecule has 1 aromatic heterocycles. The van der Waals surface area contributed by atoms with Crippen LogP contribution in [0.5, 0.6) is 0 Å². The van der Waals surface area contributed by atoms with Gasteiger partial charge >= 0.3 is 0 Å². The Hall–Kier alpha value is -2.61. The van der Waals surface area contributed by atoms with Gasteiger partial charge in [0.2, 0.25) is 0 Å². The van der Waals surface area contributed by atoms with E-state index in [2.05, 4.69) is 41.0 Å². The summed E-state index contributed by atoms with van der Waals surface area (Å²) in [7, 11) is 0. The molecule has 1 aliphatic carbocycles. The summed E-state index contributed by atoms with van der Waals surface area (Å²) in [5.74, 6) is 0.129. The summed E-state index contributed by atoms with van der Waals surface area (Å²) >= 11 is 0. The lowest BCUT2D eigenvalue weighted by molar-refractivity contribution is 0.0988. The zero-order chi connectivity index (χ0) is 15.4.